The Morgan fingerprint density at radius 1 is 1.29 bits per heavy atom. The molecule has 90 valence electrons. The predicted molar refractivity (Wildman–Crippen MR) is 74.0 cm³/mol. The smallest absolute Gasteiger partial charge is 0.0922 e. The average Bonchev–Trinajstić information content (AvgIpc) is 2.80. The summed E-state index contributed by atoms with van der Waals surface area (Å²) in [6.07, 6.45) is 3.59. The largest absolute Gasteiger partial charge is 0.363 e. The standard InChI is InChI=1S/C13H16BrN3/c1-10(2)17(8-12-7-15-9-16-12)13-5-3-11(14)4-6-13/h3-7,9-10H,8H2,1-2H3,(H,15,16). The van der Waals surface area contributed by atoms with Gasteiger partial charge < -0.3 is 9.88 Å². The molecule has 3 nitrogen and oxygen atoms in total. The Hall–Kier alpha value is -1.29. The summed E-state index contributed by atoms with van der Waals surface area (Å²) in [7, 11) is 0. The number of hydrogen-bond donors (Lipinski definition) is 1. The van der Waals surface area contributed by atoms with Crippen molar-refractivity contribution in [3.63, 3.8) is 0 Å². The molecule has 0 fully saturated rings. The number of aromatic amines is 1. The van der Waals surface area contributed by atoms with Crippen LogP contribution >= 0.6 is 15.9 Å². The molecule has 2 rings (SSSR count). The molecule has 0 bridgehead atoms. The van der Waals surface area contributed by atoms with Gasteiger partial charge in [-0.3, -0.25) is 0 Å². The molecule has 4 heteroatoms. The highest BCUT2D eigenvalue weighted by molar-refractivity contribution is 9.10. The summed E-state index contributed by atoms with van der Waals surface area (Å²) in [5, 5.41) is 0. The monoisotopic (exact) mass is 293 g/mol. The Kier molecular flexibility index (Phi) is 3.84. The molecule has 1 N–H and O–H groups in total. The molecule has 0 amide bonds. The van der Waals surface area contributed by atoms with Crippen molar-refractivity contribution in [1.29, 1.82) is 0 Å². The second-order valence-corrected chi connectivity index (χ2v) is 5.19. The van der Waals surface area contributed by atoms with Gasteiger partial charge in [0.1, 0.15) is 0 Å². The lowest BCUT2D eigenvalue weighted by atomic mass is 10.2. The van der Waals surface area contributed by atoms with Gasteiger partial charge in [-0.15, -0.1) is 0 Å². The van der Waals surface area contributed by atoms with E-state index >= 15 is 0 Å². The SMILES string of the molecule is CC(C)N(Cc1cnc[nH]1)c1ccc(Br)cc1. The summed E-state index contributed by atoms with van der Waals surface area (Å²) in [4.78, 5) is 9.53. The quantitative estimate of drug-likeness (QED) is 0.934. The van der Waals surface area contributed by atoms with Crippen molar-refractivity contribution in [1.82, 2.24) is 9.97 Å². The summed E-state index contributed by atoms with van der Waals surface area (Å²) in [6.45, 7) is 5.23. The van der Waals surface area contributed by atoms with E-state index in [1.807, 2.05) is 6.20 Å². The maximum absolute atomic E-state index is 4.05. The van der Waals surface area contributed by atoms with Gasteiger partial charge in [-0.1, -0.05) is 15.9 Å². The number of imidazole rings is 1. The Morgan fingerprint density at radius 2 is 2.00 bits per heavy atom. The summed E-state index contributed by atoms with van der Waals surface area (Å²) in [6, 6.07) is 8.83. The van der Waals surface area contributed by atoms with Gasteiger partial charge in [-0.25, -0.2) is 4.98 Å². The zero-order valence-corrected chi connectivity index (χ0v) is 11.6. The van der Waals surface area contributed by atoms with Crippen molar-refractivity contribution in [2.45, 2.75) is 26.4 Å². The van der Waals surface area contributed by atoms with E-state index in [1.165, 1.54) is 5.69 Å². The molecule has 0 saturated heterocycles. The van der Waals surface area contributed by atoms with E-state index in [-0.39, 0.29) is 0 Å². The highest BCUT2D eigenvalue weighted by Gasteiger charge is 2.11. The lowest BCUT2D eigenvalue weighted by molar-refractivity contribution is 0.675. The van der Waals surface area contributed by atoms with Crippen molar-refractivity contribution >= 4 is 21.6 Å². The fourth-order valence-corrected chi connectivity index (χ4v) is 2.02. The highest BCUT2D eigenvalue weighted by Crippen LogP contribution is 2.21. The first-order chi connectivity index (χ1) is 8.16. The molecule has 0 aliphatic carbocycles. The number of hydrogen-bond acceptors (Lipinski definition) is 2. The van der Waals surface area contributed by atoms with Gasteiger partial charge in [-0.05, 0) is 38.1 Å². The molecule has 0 atom stereocenters. The molecule has 0 aliphatic rings. The van der Waals surface area contributed by atoms with E-state index in [4.69, 9.17) is 0 Å². The van der Waals surface area contributed by atoms with Gasteiger partial charge in [0.05, 0.1) is 18.6 Å². The summed E-state index contributed by atoms with van der Waals surface area (Å²) < 4.78 is 1.10. The van der Waals surface area contributed by atoms with E-state index in [0.717, 1.165) is 16.7 Å². The second kappa shape index (κ2) is 5.36. The molecule has 0 unspecified atom stereocenters. The van der Waals surface area contributed by atoms with Crippen LogP contribution in [0.2, 0.25) is 0 Å². The van der Waals surface area contributed by atoms with E-state index in [9.17, 15) is 0 Å². The molecular weight excluding hydrogens is 278 g/mol. The van der Waals surface area contributed by atoms with Crippen LogP contribution in [0.5, 0.6) is 0 Å². The van der Waals surface area contributed by atoms with Crippen molar-refractivity contribution < 1.29 is 0 Å². The van der Waals surface area contributed by atoms with Gasteiger partial charge in [0.2, 0.25) is 0 Å². The number of H-pyrrole nitrogens is 1. The summed E-state index contributed by atoms with van der Waals surface area (Å²) in [5.41, 5.74) is 2.35. The van der Waals surface area contributed by atoms with E-state index in [2.05, 4.69) is 68.9 Å². The molecule has 2 aromatic rings. The minimum absolute atomic E-state index is 0.444. The lowest BCUT2D eigenvalue weighted by Crippen LogP contribution is -2.30. The average molecular weight is 294 g/mol. The maximum atomic E-state index is 4.05. The van der Waals surface area contributed by atoms with Crippen LogP contribution in [0.4, 0.5) is 5.69 Å². The van der Waals surface area contributed by atoms with Crippen LogP contribution in [-0.4, -0.2) is 16.0 Å². The summed E-state index contributed by atoms with van der Waals surface area (Å²) >= 11 is 3.46. The zero-order valence-electron chi connectivity index (χ0n) is 10.0. The fourth-order valence-electron chi connectivity index (χ4n) is 1.76. The summed E-state index contributed by atoms with van der Waals surface area (Å²) in [5.74, 6) is 0. The lowest BCUT2D eigenvalue weighted by Gasteiger charge is -2.28. The Bertz CT molecular complexity index is 448. The first kappa shape index (κ1) is 12.2. The number of benzene rings is 1. The molecule has 1 heterocycles. The predicted octanol–water partition coefficient (Wildman–Crippen LogP) is 3.59. The first-order valence-corrected chi connectivity index (χ1v) is 6.45. The van der Waals surface area contributed by atoms with Crippen LogP contribution < -0.4 is 4.90 Å². The molecule has 1 aromatic carbocycles. The fraction of sp³-hybridized carbons (Fsp3) is 0.308. The molecule has 1 aromatic heterocycles. The van der Waals surface area contributed by atoms with Crippen LogP contribution in [0.3, 0.4) is 0 Å². The first-order valence-electron chi connectivity index (χ1n) is 5.66. The van der Waals surface area contributed by atoms with E-state index < -0.39 is 0 Å². The van der Waals surface area contributed by atoms with Gasteiger partial charge in [0.15, 0.2) is 0 Å². The van der Waals surface area contributed by atoms with Crippen LogP contribution in [0.15, 0.2) is 41.3 Å². The van der Waals surface area contributed by atoms with E-state index in [1.54, 1.807) is 6.33 Å². The third kappa shape index (κ3) is 3.09. The Labute approximate surface area is 110 Å². The molecule has 0 saturated carbocycles. The topological polar surface area (TPSA) is 31.9 Å². The van der Waals surface area contributed by atoms with E-state index in [0.29, 0.717) is 6.04 Å². The minimum atomic E-state index is 0.444. The van der Waals surface area contributed by atoms with Crippen molar-refractivity contribution in [3.05, 3.63) is 47.0 Å². The van der Waals surface area contributed by atoms with Crippen molar-refractivity contribution in [2.24, 2.45) is 0 Å². The van der Waals surface area contributed by atoms with Gasteiger partial charge in [-0.2, -0.15) is 0 Å². The zero-order chi connectivity index (χ0) is 12.3. The molecule has 0 aliphatic heterocycles. The molecule has 0 spiro atoms. The van der Waals surface area contributed by atoms with Crippen molar-refractivity contribution in [3.8, 4) is 0 Å². The number of anilines is 1. The molecule has 0 radical (unpaired) electrons. The van der Waals surface area contributed by atoms with Crippen LogP contribution in [-0.2, 0) is 6.54 Å². The number of rotatable bonds is 4. The molecular formula is C13H16BrN3. The van der Waals surface area contributed by atoms with Gasteiger partial charge >= 0.3 is 0 Å². The minimum Gasteiger partial charge on any atom is -0.363 e. The maximum Gasteiger partial charge on any atom is 0.0922 e. The highest BCUT2D eigenvalue weighted by atomic mass is 79.9. The van der Waals surface area contributed by atoms with Crippen LogP contribution in [0.25, 0.3) is 0 Å². The Balaban J connectivity index is 2.20. The number of nitrogens with zero attached hydrogens (tertiary/aromatic N) is 2. The van der Waals surface area contributed by atoms with Gasteiger partial charge in [0.25, 0.3) is 0 Å². The van der Waals surface area contributed by atoms with Gasteiger partial charge in [0, 0.05) is 22.4 Å². The van der Waals surface area contributed by atoms with Crippen LogP contribution in [0.1, 0.15) is 19.5 Å². The third-order valence-corrected chi connectivity index (χ3v) is 3.21. The third-order valence-electron chi connectivity index (χ3n) is 2.68. The molecule has 17 heavy (non-hydrogen) atoms. The number of halogens is 1. The number of nitrogens with one attached hydrogen (secondary N) is 1. The van der Waals surface area contributed by atoms with Crippen LogP contribution in [0, 0.1) is 0 Å². The Morgan fingerprint density at radius 3 is 2.53 bits per heavy atom. The normalized spacial score (nSPS) is 10.8. The second-order valence-electron chi connectivity index (χ2n) is 4.27. The van der Waals surface area contributed by atoms with Crippen molar-refractivity contribution in [2.75, 3.05) is 4.90 Å². The number of aromatic nitrogens is 2.